The minimum atomic E-state index is -0.255. The Hall–Kier alpha value is -1.80. The number of unbranched alkanes of at least 4 members (excludes halogenated alkanes) is 7. The van der Waals surface area contributed by atoms with Gasteiger partial charge in [-0.05, 0) is 18.6 Å². The van der Waals surface area contributed by atoms with Crippen molar-refractivity contribution in [3.05, 3.63) is 35.4 Å². The number of imide groups is 1. The molecule has 33 heavy (non-hydrogen) atoms. The molecule has 1 aromatic carbocycles. The summed E-state index contributed by atoms with van der Waals surface area (Å²) >= 11 is 0. The molecule has 2 amide bonds. The standard InChI is InChI=1S/C26H41NO6/c1-2-3-4-5-6-7-8-11-15-30-17-19-32-21-22-33-20-18-31-16-14-27-25(28)23-12-9-10-13-24(23)26(27)29/h9-10,12-13H,2-8,11,14-22H2,1H3. The van der Waals surface area contributed by atoms with E-state index in [2.05, 4.69) is 6.92 Å². The van der Waals surface area contributed by atoms with E-state index in [1.807, 2.05) is 0 Å². The molecule has 0 radical (unpaired) electrons. The van der Waals surface area contributed by atoms with Crippen LogP contribution < -0.4 is 0 Å². The van der Waals surface area contributed by atoms with Crippen LogP contribution >= 0.6 is 0 Å². The molecule has 0 saturated heterocycles. The van der Waals surface area contributed by atoms with Crippen LogP contribution in [0.25, 0.3) is 0 Å². The molecular formula is C26H41NO6. The Labute approximate surface area is 198 Å². The van der Waals surface area contributed by atoms with E-state index in [0.717, 1.165) is 13.0 Å². The maximum absolute atomic E-state index is 12.2. The largest absolute Gasteiger partial charge is 0.379 e. The van der Waals surface area contributed by atoms with E-state index in [1.54, 1.807) is 24.3 Å². The summed E-state index contributed by atoms with van der Waals surface area (Å²) in [6.45, 7) is 6.68. The van der Waals surface area contributed by atoms with E-state index in [-0.39, 0.29) is 18.4 Å². The third kappa shape index (κ3) is 10.8. The van der Waals surface area contributed by atoms with E-state index < -0.39 is 0 Å². The predicted octanol–water partition coefficient (Wildman–Crippen LogP) is 4.49. The average Bonchev–Trinajstić information content (AvgIpc) is 3.07. The minimum absolute atomic E-state index is 0.244. The van der Waals surface area contributed by atoms with Crippen molar-refractivity contribution in [2.75, 3.05) is 59.4 Å². The summed E-state index contributed by atoms with van der Waals surface area (Å²) in [7, 11) is 0. The Morgan fingerprint density at radius 1 is 0.576 bits per heavy atom. The van der Waals surface area contributed by atoms with Crippen molar-refractivity contribution in [1.29, 1.82) is 0 Å². The fourth-order valence-corrected chi connectivity index (χ4v) is 3.70. The molecule has 0 aliphatic carbocycles. The fraction of sp³-hybridized carbons (Fsp3) is 0.692. The molecule has 1 aliphatic heterocycles. The van der Waals surface area contributed by atoms with E-state index in [0.29, 0.717) is 57.4 Å². The summed E-state index contributed by atoms with van der Waals surface area (Å²) in [5.41, 5.74) is 0.925. The summed E-state index contributed by atoms with van der Waals surface area (Å²) in [5.74, 6) is -0.510. The smallest absolute Gasteiger partial charge is 0.261 e. The Kier molecular flexibility index (Phi) is 14.7. The lowest BCUT2D eigenvalue weighted by Gasteiger charge is -2.13. The van der Waals surface area contributed by atoms with Crippen molar-refractivity contribution in [3.8, 4) is 0 Å². The van der Waals surface area contributed by atoms with Crippen LogP contribution in [0.1, 0.15) is 79.0 Å². The molecule has 0 bridgehead atoms. The summed E-state index contributed by atoms with van der Waals surface area (Å²) in [6.07, 6.45) is 10.5. The lowest BCUT2D eigenvalue weighted by atomic mass is 10.1. The number of hydrogen-bond donors (Lipinski definition) is 0. The van der Waals surface area contributed by atoms with Gasteiger partial charge in [0.05, 0.1) is 63.9 Å². The first kappa shape index (κ1) is 27.4. The number of benzene rings is 1. The third-order valence-electron chi connectivity index (χ3n) is 5.60. The molecule has 1 heterocycles. The Morgan fingerprint density at radius 2 is 1.00 bits per heavy atom. The van der Waals surface area contributed by atoms with Gasteiger partial charge >= 0.3 is 0 Å². The van der Waals surface area contributed by atoms with Gasteiger partial charge in [0.2, 0.25) is 0 Å². The number of carbonyl (C=O) groups excluding carboxylic acids is 2. The van der Waals surface area contributed by atoms with E-state index in [1.165, 1.54) is 49.8 Å². The highest BCUT2D eigenvalue weighted by Crippen LogP contribution is 2.21. The highest BCUT2D eigenvalue weighted by Gasteiger charge is 2.34. The molecule has 186 valence electrons. The lowest BCUT2D eigenvalue weighted by Crippen LogP contribution is -2.33. The normalized spacial score (nSPS) is 13.2. The van der Waals surface area contributed by atoms with Gasteiger partial charge in [0.25, 0.3) is 11.8 Å². The monoisotopic (exact) mass is 463 g/mol. The molecule has 0 atom stereocenters. The maximum atomic E-state index is 12.2. The molecular weight excluding hydrogens is 422 g/mol. The van der Waals surface area contributed by atoms with Gasteiger partial charge in [-0.25, -0.2) is 0 Å². The highest BCUT2D eigenvalue weighted by atomic mass is 16.6. The number of fused-ring (bicyclic) bond motifs is 1. The highest BCUT2D eigenvalue weighted by molar-refractivity contribution is 6.21. The van der Waals surface area contributed by atoms with Crippen molar-refractivity contribution >= 4 is 11.8 Å². The fourth-order valence-electron chi connectivity index (χ4n) is 3.70. The Balaban J connectivity index is 1.30. The Bertz CT molecular complexity index is 646. The maximum Gasteiger partial charge on any atom is 0.261 e. The van der Waals surface area contributed by atoms with E-state index in [9.17, 15) is 9.59 Å². The van der Waals surface area contributed by atoms with Crippen LogP contribution in [-0.2, 0) is 18.9 Å². The van der Waals surface area contributed by atoms with Crippen LogP contribution in [0.5, 0.6) is 0 Å². The first-order valence-corrected chi connectivity index (χ1v) is 12.5. The molecule has 1 aliphatic rings. The molecule has 0 saturated carbocycles. The molecule has 1 aromatic rings. The second kappa shape index (κ2) is 17.6. The van der Waals surface area contributed by atoms with E-state index >= 15 is 0 Å². The molecule has 2 rings (SSSR count). The zero-order valence-electron chi connectivity index (χ0n) is 20.2. The van der Waals surface area contributed by atoms with Crippen LogP contribution in [0.15, 0.2) is 24.3 Å². The topological polar surface area (TPSA) is 74.3 Å². The molecule has 7 nitrogen and oxygen atoms in total. The minimum Gasteiger partial charge on any atom is -0.379 e. The SMILES string of the molecule is CCCCCCCCCCOCCOCCOCCOCCN1C(=O)c2ccccc2C1=O. The zero-order chi connectivity index (χ0) is 23.6. The van der Waals surface area contributed by atoms with Gasteiger partial charge in [-0.2, -0.15) is 0 Å². The van der Waals surface area contributed by atoms with E-state index in [4.69, 9.17) is 18.9 Å². The molecule has 0 spiro atoms. The Morgan fingerprint density at radius 3 is 1.52 bits per heavy atom. The van der Waals surface area contributed by atoms with Crippen molar-refractivity contribution in [1.82, 2.24) is 4.90 Å². The number of rotatable bonds is 21. The molecule has 7 heteroatoms. The number of hydrogen-bond acceptors (Lipinski definition) is 6. The van der Waals surface area contributed by atoms with Crippen LogP contribution in [0.2, 0.25) is 0 Å². The third-order valence-corrected chi connectivity index (χ3v) is 5.60. The second-order valence-corrected chi connectivity index (χ2v) is 8.23. The van der Waals surface area contributed by atoms with Crippen LogP contribution in [0.3, 0.4) is 0 Å². The average molecular weight is 464 g/mol. The number of nitrogens with zero attached hydrogens (tertiary/aromatic N) is 1. The van der Waals surface area contributed by atoms with Gasteiger partial charge in [-0.3, -0.25) is 14.5 Å². The quantitative estimate of drug-likeness (QED) is 0.198. The summed E-state index contributed by atoms with van der Waals surface area (Å²) in [4.78, 5) is 25.7. The molecule has 0 aromatic heterocycles. The van der Waals surface area contributed by atoms with Gasteiger partial charge in [0, 0.05) is 6.61 Å². The first-order valence-electron chi connectivity index (χ1n) is 12.5. The number of ether oxygens (including phenoxy) is 4. The molecule has 0 unspecified atom stereocenters. The van der Waals surface area contributed by atoms with Gasteiger partial charge in [0.1, 0.15) is 0 Å². The van der Waals surface area contributed by atoms with Crippen molar-refractivity contribution in [2.24, 2.45) is 0 Å². The van der Waals surface area contributed by atoms with Crippen molar-refractivity contribution in [2.45, 2.75) is 58.3 Å². The predicted molar refractivity (Wildman–Crippen MR) is 128 cm³/mol. The van der Waals surface area contributed by atoms with Gasteiger partial charge in [0.15, 0.2) is 0 Å². The zero-order valence-corrected chi connectivity index (χ0v) is 20.2. The lowest BCUT2D eigenvalue weighted by molar-refractivity contribution is -0.00353. The second-order valence-electron chi connectivity index (χ2n) is 8.23. The van der Waals surface area contributed by atoms with Crippen LogP contribution in [-0.4, -0.2) is 76.1 Å². The number of amides is 2. The summed E-state index contributed by atoms with van der Waals surface area (Å²) in [6, 6.07) is 6.87. The van der Waals surface area contributed by atoms with Crippen molar-refractivity contribution < 1.29 is 28.5 Å². The summed E-state index contributed by atoms with van der Waals surface area (Å²) in [5, 5.41) is 0. The molecule has 0 fully saturated rings. The number of carbonyl (C=O) groups is 2. The van der Waals surface area contributed by atoms with Gasteiger partial charge in [-0.15, -0.1) is 0 Å². The van der Waals surface area contributed by atoms with Crippen molar-refractivity contribution in [3.63, 3.8) is 0 Å². The van der Waals surface area contributed by atoms with Gasteiger partial charge in [-0.1, -0.05) is 64.0 Å². The molecule has 0 N–H and O–H groups in total. The summed E-state index contributed by atoms with van der Waals surface area (Å²) < 4.78 is 22.0. The first-order chi connectivity index (χ1) is 16.3. The van der Waals surface area contributed by atoms with Crippen LogP contribution in [0, 0.1) is 0 Å². The van der Waals surface area contributed by atoms with Gasteiger partial charge < -0.3 is 18.9 Å². The van der Waals surface area contributed by atoms with Crippen LogP contribution in [0.4, 0.5) is 0 Å².